The number of nitrogens with one attached hydrogen (secondary N) is 2. The molecule has 0 saturated carbocycles. The zero-order valence-corrected chi connectivity index (χ0v) is 12.4. The van der Waals surface area contributed by atoms with Crippen LogP contribution in [-0.4, -0.2) is 9.97 Å². The minimum atomic E-state index is -0.317. The molecule has 0 unspecified atom stereocenters. The first-order valence-corrected chi connectivity index (χ1v) is 7.02. The molecular formula is C17H16FN3O. The highest BCUT2D eigenvalue weighted by molar-refractivity contribution is 5.90. The van der Waals surface area contributed by atoms with Gasteiger partial charge in [0.1, 0.15) is 5.82 Å². The van der Waals surface area contributed by atoms with Crippen LogP contribution in [0.2, 0.25) is 0 Å². The Labute approximate surface area is 127 Å². The largest absolute Gasteiger partial charge is 0.380 e. The molecule has 112 valence electrons. The van der Waals surface area contributed by atoms with Gasteiger partial charge >= 0.3 is 0 Å². The van der Waals surface area contributed by atoms with E-state index >= 15 is 0 Å². The minimum Gasteiger partial charge on any atom is -0.380 e. The van der Waals surface area contributed by atoms with E-state index in [1.807, 2.05) is 26.0 Å². The number of nitrogens with zero attached hydrogens (tertiary/aromatic N) is 1. The van der Waals surface area contributed by atoms with Gasteiger partial charge in [0.05, 0.1) is 5.52 Å². The fourth-order valence-corrected chi connectivity index (χ4v) is 2.56. The van der Waals surface area contributed by atoms with Gasteiger partial charge in [-0.05, 0) is 43.7 Å². The maximum Gasteiger partial charge on any atom is 0.253 e. The highest BCUT2D eigenvalue weighted by Gasteiger charge is 2.07. The van der Waals surface area contributed by atoms with Crippen LogP contribution in [0.15, 0.2) is 41.3 Å². The smallest absolute Gasteiger partial charge is 0.253 e. The van der Waals surface area contributed by atoms with E-state index in [0.29, 0.717) is 17.6 Å². The number of halogens is 1. The van der Waals surface area contributed by atoms with Crippen LogP contribution in [0.4, 0.5) is 10.1 Å². The number of fused-ring (bicyclic) bond motifs is 1. The molecule has 0 amide bonds. The van der Waals surface area contributed by atoms with E-state index in [9.17, 15) is 9.18 Å². The second-order valence-electron chi connectivity index (χ2n) is 5.32. The third-order valence-electron chi connectivity index (χ3n) is 3.65. The summed E-state index contributed by atoms with van der Waals surface area (Å²) >= 11 is 0. The van der Waals surface area contributed by atoms with Crippen molar-refractivity contribution in [2.75, 3.05) is 5.32 Å². The molecular weight excluding hydrogens is 281 g/mol. The van der Waals surface area contributed by atoms with E-state index in [-0.39, 0.29) is 11.4 Å². The standard InChI is InChI=1S/C17H16FN3O/c1-10-7-11(2)21-17(22)14(10)9-20-15-5-6-19-16-8-12(18)3-4-13(15)16/h3-8H,9H2,1-2H3,(H,19,20)(H,21,22). The molecule has 3 aromatic rings. The summed E-state index contributed by atoms with van der Waals surface area (Å²) in [6, 6.07) is 8.24. The van der Waals surface area contributed by atoms with Gasteiger partial charge in [-0.2, -0.15) is 0 Å². The van der Waals surface area contributed by atoms with Crippen molar-refractivity contribution in [3.8, 4) is 0 Å². The van der Waals surface area contributed by atoms with Crippen LogP contribution in [0.25, 0.3) is 10.9 Å². The fourth-order valence-electron chi connectivity index (χ4n) is 2.56. The molecule has 3 rings (SSSR count). The molecule has 22 heavy (non-hydrogen) atoms. The van der Waals surface area contributed by atoms with Crippen molar-refractivity contribution in [2.24, 2.45) is 0 Å². The maximum atomic E-state index is 13.3. The Balaban J connectivity index is 1.94. The summed E-state index contributed by atoms with van der Waals surface area (Å²) in [5, 5.41) is 4.07. The number of aryl methyl sites for hydroxylation is 2. The Morgan fingerprint density at radius 2 is 2.05 bits per heavy atom. The third-order valence-corrected chi connectivity index (χ3v) is 3.65. The number of rotatable bonds is 3. The second-order valence-corrected chi connectivity index (χ2v) is 5.32. The van der Waals surface area contributed by atoms with Gasteiger partial charge in [0.25, 0.3) is 5.56 Å². The summed E-state index contributed by atoms with van der Waals surface area (Å²) in [7, 11) is 0. The number of hydrogen-bond donors (Lipinski definition) is 2. The fraction of sp³-hybridized carbons (Fsp3) is 0.176. The van der Waals surface area contributed by atoms with Crippen molar-refractivity contribution in [1.82, 2.24) is 9.97 Å². The van der Waals surface area contributed by atoms with Crippen LogP contribution in [0.1, 0.15) is 16.8 Å². The minimum absolute atomic E-state index is 0.0885. The first-order valence-electron chi connectivity index (χ1n) is 7.02. The first kappa shape index (κ1) is 14.3. The van der Waals surface area contributed by atoms with Crippen molar-refractivity contribution in [1.29, 1.82) is 0 Å². The lowest BCUT2D eigenvalue weighted by atomic mass is 10.1. The van der Waals surface area contributed by atoms with Gasteiger partial charge in [-0.1, -0.05) is 0 Å². The van der Waals surface area contributed by atoms with Gasteiger partial charge in [0, 0.05) is 41.1 Å². The van der Waals surface area contributed by atoms with Crippen molar-refractivity contribution in [3.63, 3.8) is 0 Å². The normalized spacial score (nSPS) is 10.9. The number of anilines is 1. The van der Waals surface area contributed by atoms with E-state index in [2.05, 4.69) is 15.3 Å². The Hall–Kier alpha value is -2.69. The number of benzene rings is 1. The van der Waals surface area contributed by atoms with E-state index < -0.39 is 0 Å². The number of aromatic nitrogens is 2. The third kappa shape index (κ3) is 2.70. The van der Waals surface area contributed by atoms with Gasteiger partial charge in [-0.15, -0.1) is 0 Å². The number of pyridine rings is 2. The van der Waals surface area contributed by atoms with Crippen LogP contribution in [0, 0.1) is 19.7 Å². The summed E-state index contributed by atoms with van der Waals surface area (Å²) in [4.78, 5) is 19.0. The highest BCUT2D eigenvalue weighted by Crippen LogP contribution is 2.22. The van der Waals surface area contributed by atoms with Crippen molar-refractivity contribution in [2.45, 2.75) is 20.4 Å². The lowest BCUT2D eigenvalue weighted by Crippen LogP contribution is -2.18. The van der Waals surface area contributed by atoms with Gasteiger partial charge in [0.15, 0.2) is 0 Å². The summed E-state index contributed by atoms with van der Waals surface area (Å²) < 4.78 is 13.3. The topological polar surface area (TPSA) is 57.8 Å². The molecule has 4 nitrogen and oxygen atoms in total. The van der Waals surface area contributed by atoms with Crippen molar-refractivity contribution >= 4 is 16.6 Å². The number of hydrogen-bond acceptors (Lipinski definition) is 3. The molecule has 0 atom stereocenters. The molecule has 0 radical (unpaired) electrons. The summed E-state index contributed by atoms with van der Waals surface area (Å²) in [6.45, 7) is 4.17. The van der Waals surface area contributed by atoms with Gasteiger partial charge in [-0.25, -0.2) is 4.39 Å². The van der Waals surface area contributed by atoms with E-state index in [1.165, 1.54) is 12.1 Å². The molecule has 2 N–H and O–H groups in total. The van der Waals surface area contributed by atoms with Crippen LogP contribution in [-0.2, 0) is 6.54 Å². The predicted octanol–water partition coefficient (Wildman–Crippen LogP) is 3.29. The number of aromatic amines is 1. The average Bonchev–Trinajstić information content (AvgIpc) is 2.45. The zero-order chi connectivity index (χ0) is 15.7. The van der Waals surface area contributed by atoms with E-state index in [1.54, 1.807) is 12.3 Å². The van der Waals surface area contributed by atoms with E-state index in [0.717, 1.165) is 22.3 Å². The lowest BCUT2D eigenvalue weighted by molar-refractivity contribution is 0.629. The molecule has 0 aliphatic heterocycles. The highest BCUT2D eigenvalue weighted by atomic mass is 19.1. The molecule has 0 aliphatic carbocycles. The summed E-state index contributed by atoms with van der Waals surface area (Å²) in [5.74, 6) is -0.317. The first-order chi connectivity index (χ1) is 10.5. The quantitative estimate of drug-likeness (QED) is 0.780. The van der Waals surface area contributed by atoms with Crippen LogP contribution in [0.3, 0.4) is 0 Å². The Morgan fingerprint density at radius 1 is 1.23 bits per heavy atom. The lowest BCUT2D eigenvalue weighted by Gasteiger charge is -2.11. The van der Waals surface area contributed by atoms with Gasteiger partial charge in [0.2, 0.25) is 0 Å². The molecule has 5 heteroatoms. The summed E-state index contributed by atoms with van der Waals surface area (Å²) in [5.41, 5.74) is 3.80. The predicted molar refractivity (Wildman–Crippen MR) is 85.6 cm³/mol. The van der Waals surface area contributed by atoms with Crippen molar-refractivity contribution < 1.29 is 4.39 Å². The zero-order valence-electron chi connectivity index (χ0n) is 12.4. The summed E-state index contributed by atoms with van der Waals surface area (Å²) in [6.07, 6.45) is 1.62. The van der Waals surface area contributed by atoms with Crippen molar-refractivity contribution in [3.05, 3.63) is 69.5 Å². The molecule has 0 fully saturated rings. The van der Waals surface area contributed by atoms with E-state index in [4.69, 9.17) is 0 Å². The SMILES string of the molecule is Cc1cc(C)c(CNc2ccnc3cc(F)ccc23)c(=O)[nH]1. The molecule has 0 spiro atoms. The van der Waals surface area contributed by atoms with Crippen LogP contribution in [0.5, 0.6) is 0 Å². The molecule has 0 saturated heterocycles. The average molecular weight is 297 g/mol. The molecule has 2 aromatic heterocycles. The molecule has 0 bridgehead atoms. The number of H-pyrrole nitrogens is 1. The molecule has 1 aromatic carbocycles. The Bertz CT molecular complexity index is 902. The Morgan fingerprint density at radius 3 is 2.82 bits per heavy atom. The van der Waals surface area contributed by atoms with Gasteiger partial charge in [-0.3, -0.25) is 9.78 Å². The van der Waals surface area contributed by atoms with Gasteiger partial charge < -0.3 is 10.3 Å². The maximum absolute atomic E-state index is 13.3. The monoisotopic (exact) mass is 297 g/mol. The van der Waals surface area contributed by atoms with Crippen LogP contribution < -0.4 is 10.9 Å². The Kier molecular flexibility index (Phi) is 3.63. The molecule has 2 heterocycles. The molecule has 0 aliphatic rings. The second kappa shape index (κ2) is 5.60. The van der Waals surface area contributed by atoms with Crippen LogP contribution >= 0.6 is 0 Å².